The molecular formula is C24H28N4O2. The average Bonchev–Trinajstić information content (AvgIpc) is 2.93. The van der Waals surface area contributed by atoms with Crippen molar-refractivity contribution in [3.8, 4) is 5.75 Å². The van der Waals surface area contributed by atoms with Crippen LogP contribution in [0.1, 0.15) is 46.7 Å². The highest BCUT2D eigenvalue weighted by Gasteiger charge is 2.22. The van der Waals surface area contributed by atoms with Crippen LogP contribution in [0, 0.1) is 6.92 Å². The standard InChI is InChI=1S/C24H28N4O2/c1-4-14-30-19-11-9-18(10-12-19)16-27(3)24(29)20-15-17(2)25-23-22(20)26-21-8-6-5-7-13-28(21)23/h4,9-12,15H,1,5-8,13-14,16H2,2-3H3. The lowest BCUT2D eigenvalue weighted by atomic mass is 10.1. The Morgan fingerprint density at radius 2 is 2.03 bits per heavy atom. The summed E-state index contributed by atoms with van der Waals surface area (Å²) in [5, 5.41) is 0. The number of rotatable bonds is 6. The van der Waals surface area contributed by atoms with Crippen LogP contribution in [0.4, 0.5) is 0 Å². The number of amides is 1. The van der Waals surface area contributed by atoms with Gasteiger partial charge in [0.2, 0.25) is 0 Å². The predicted molar refractivity (Wildman–Crippen MR) is 118 cm³/mol. The summed E-state index contributed by atoms with van der Waals surface area (Å²) in [6.07, 6.45) is 6.14. The number of nitrogens with zero attached hydrogens (tertiary/aromatic N) is 4. The molecule has 6 nitrogen and oxygen atoms in total. The quantitative estimate of drug-likeness (QED) is 0.575. The van der Waals surface area contributed by atoms with E-state index in [9.17, 15) is 4.79 Å². The van der Waals surface area contributed by atoms with Crippen LogP contribution in [0.2, 0.25) is 0 Å². The van der Waals surface area contributed by atoms with Crippen LogP contribution >= 0.6 is 0 Å². The van der Waals surface area contributed by atoms with Crippen LogP contribution in [0.3, 0.4) is 0 Å². The van der Waals surface area contributed by atoms with E-state index < -0.39 is 0 Å². The summed E-state index contributed by atoms with van der Waals surface area (Å²) in [7, 11) is 1.83. The Morgan fingerprint density at radius 3 is 2.80 bits per heavy atom. The van der Waals surface area contributed by atoms with Gasteiger partial charge in [-0.3, -0.25) is 4.79 Å². The molecule has 3 heterocycles. The molecule has 0 atom stereocenters. The van der Waals surface area contributed by atoms with E-state index in [2.05, 4.69) is 11.1 Å². The van der Waals surface area contributed by atoms with E-state index in [1.807, 2.05) is 44.3 Å². The maximum atomic E-state index is 13.3. The minimum atomic E-state index is -0.0363. The van der Waals surface area contributed by atoms with E-state index in [0.717, 1.165) is 59.8 Å². The van der Waals surface area contributed by atoms with Gasteiger partial charge in [-0.05, 0) is 43.5 Å². The molecule has 1 aliphatic rings. The molecule has 4 rings (SSSR count). The van der Waals surface area contributed by atoms with Crippen molar-refractivity contribution < 1.29 is 9.53 Å². The topological polar surface area (TPSA) is 60.2 Å². The van der Waals surface area contributed by atoms with E-state index in [1.165, 1.54) is 6.42 Å². The van der Waals surface area contributed by atoms with Crippen LogP contribution in [0.25, 0.3) is 11.2 Å². The molecule has 0 N–H and O–H groups in total. The second-order valence-corrected chi connectivity index (χ2v) is 7.88. The fraction of sp³-hybridized carbons (Fsp3) is 0.375. The molecule has 0 spiro atoms. The van der Waals surface area contributed by atoms with Crippen molar-refractivity contribution in [1.82, 2.24) is 19.4 Å². The van der Waals surface area contributed by atoms with E-state index in [4.69, 9.17) is 14.7 Å². The number of pyridine rings is 1. The first kappa shape index (κ1) is 20.1. The zero-order valence-corrected chi connectivity index (χ0v) is 17.7. The first-order valence-corrected chi connectivity index (χ1v) is 10.5. The zero-order chi connectivity index (χ0) is 21.1. The molecule has 0 fully saturated rings. The molecule has 0 bridgehead atoms. The fourth-order valence-electron chi connectivity index (χ4n) is 3.98. The van der Waals surface area contributed by atoms with Gasteiger partial charge in [0.15, 0.2) is 5.65 Å². The molecular weight excluding hydrogens is 376 g/mol. The molecule has 3 aromatic rings. The Morgan fingerprint density at radius 1 is 1.23 bits per heavy atom. The van der Waals surface area contributed by atoms with Crippen LogP contribution in [0.15, 0.2) is 43.0 Å². The predicted octanol–water partition coefficient (Wildman–Crippen LogP) is 4.30. The highest BCUT2D eigenvalue weighted by molar-refractivity contribution is 6.04. The molecule has 0 saturated carbocycles. The SMILES string of the molecule is C=CCOc1ccc(CN(C)C(=O)c2cc(C)nc3c2nc2n3CCCCC2)cc1. The first-order chi connectivity index (χ1) is 14.6. The third-order valence-electron chi connectivity index (χ3n) is 5.48. The van der Waals surface area contributed by atoms with Crippen LogP contribution in [-0.4, -0.2) is 39.0 Å². The first-order valence-electron chi connectivity index (χ1n) is 10.5. The van der Waals surface area contributed by atoms with Crippen molar-refractivity contribution in [1.29, 1.82) is 0 Å². The molecule has 156 valence electrons. The number of carbonyl (C=O) groups excluding carboxylic acids is 1. The van der Waals surface area contributed by atoms with Gasteiger partial charge in [-0.15, -0.1) is 0 Å². The molecule has 1 amide bonds. The second-order valence-electron chi connectivity index (χ2n) is 7.88. The third-order valence-corrected chi connectivity index (χ3v) is 5.48. The summed E-state index contributed by atoms with van der Waals surface area (Å²) in [4.78, 5) is 24.6. The van der Waals surface area contributed by atoms with Gasteiger partial charge < -0.3 is 14.2 Å². The molecule has 0 aliphatic carbocycles. The number of imidazole rings is 1. The van der Waals surface area contributed by atoms with Gasteiger partial charge in [0.1, 0.15) is 23.7 Å². The van der Waals surface area contributed by atoms with Gasteiger partial charge >= 0.3 is 0 Å². The number of hydrogen-bond acceptors (Lipinski definition) is 4. The van der Waals surface area contributed by atoms with E-state index in [0.29, 0.717) is 18.7 Å². The van der Waals surface area contributed by atoms with Gasteiger partial charge in [-0.2, -0.15) is 0 Å². The smallest absolute Gasteiger partial charge is 0.256 e. The maximum Gasteiger partial charge on any atom is 0.256 e. The van der Waals surface area contributed by atoms with E-state index >= 15 is 0 Å². The lowest BCUT2D eigenvalue weighted by Gasteiger charge is -2.18. The van der Waals surface area contributed by atoms with Gasteiger partial charge in [-0.25, -0.2) is 9.97 Å². The maximum absolute atomic E-state index is 13.3. The molecule has 1 aliphatic heterocycles. The number of benzene rings is 1. The van der Waals surface area contributed by atoms with Gasteiger partial charge in [0.25, 0.3) is 5.91 Å². The normalized spacial score (nSPS) is 13.5. The number of aromatic nitrogens is 3. The molecule has 6 heteroatoms. The van der Waals surface area contributed by atoms with E-state index in [1.54, 1.807) is 11.0 Å². The highest BCUT2D eigenvalue weighted by Crippen LogP contribution is 2.25. The number of carbonyl (C=O) groups is 1. The minimum absolute atomic E-state index is 0.0363. The van der Waals surface area contributed by atoms with Crippen LogP contribution < -0.4 is 4.74 Å². The lowest BCUT2D eigenvalue weighted by Crippen LogP contribution is -2.26. The Bertz CT molecular complexity index is 1070. The van der Waals surface area contributed by atoms with Crippen molar-refractivity contribution in [2.24, 2.45) is 0 Å². The third kappa shape index (κ3) is 4.08. The van der Waals surface area contributed by atoms with Gasteiger partial charge in [-0.1, -0.05) is 31.2 Å². The molecule has 0 radical (unpaired) electrons. The van der Waals surface area contributed by atoms with Crippen molar-refractivity contribution in [2.75, 3.05) is 13.7 Å². The highest BCUT2D eigenvalue weighted by atomic mass is 16.5. The summed E-state index contributed by atoms with van der Waals surface area (Å²) in [5.74, 6) is 1.80. The summed E-state index contributed by atoms with van der Waals surface area (Å²) in [6, 6.07) is 9.65. The number of hydrogen-bond donors (Lipinski definition) is 0. The summed E-state index contributed by atoms with van der Waals surface area (Å²) in [6.45, 7) is 7.50. The van der Waals surface area contributed by atoms with Gasteiger partial charge in [0.05, 0.1) is 5.56 Å². The van der Waals surface area contributed by atoms with E-state index in [-0.39, 0.29) is 5.91 Å². The number of ether oxygens (including phenoxy) is 1. The van der Waals surface area contributed by atoms with Crippen molar-refractivity contribution in [2.45, 2.75) is 45.7 Å². The van der Waals surface area contributed by atoms with Crippen molar-refractivity contribution in [3.63, 3.8) is 0 Å². The van der Waals surface area contributed by atoms with Crippen LogP contribution in [0.5, 0.6) is 5.75 Å². The molecule has 0 unspecified atom stereocenters. The monoisotopic (exact) mass is 404 g/mol. The van der Waals surface area contributed by atoms with Crippen LogP contribution in [-0.2, 0) is 19.5 Å². The van der Waals surface area contributed by atoms with Crippen molar-refractivity contribution in [3.05, 3.63) is 65.6 Å². The summed E-state index contributed by atoms with van der Waals surface area (Å²) in [5.41, 5.74) is 4.08. The van der Waals surface area contributed by atoms with Gasteiger partial charge in [0, 0.05) is 32.3 Å². The Labute approximate surface area is 177 Å². The molecule has 0 saturated heterocycles. The number of fused-ring (bicyclic) bond motifs is 3. The Kier molecular flexibility index (Phi) is 5.84. The summed E-state index contributed by atoms with van der Waals surface area (Å²) < 4.78 is 7.73. The zero-order valence-electron chi connectivity index (χ0n) is 17.7. The average molecular weight is 405 g/mol. The minimum Gasteiger partial charge on any atom is -0.490 e. The molecule has 2 aromatic heterocycles. The lowest BCUT2D eigenvalue weighted by molar-refractivity contribution is 0.0786. The second kappa shape index (κ2) is 8.69. The largest absolute Gasteiger partial charge is 0.490 e. The molecule has 1 aromatic carbocycles. The summed E-state index contributed by atoms with van der Waals surface area (Å²) >= 11 is 0. The van der Waals surface area contributed by atoms with Crippen molar-refractivity contribution >= 4 is 17.1 Å². The Hall–Kier alpha value is -3.15. The fourth-order valence-corrected chi connectivity index (χ4v) is 3.98. The molecule has 30 heavy (non-hydrogen) atoms. The number of aryl methyl sites for hydroxylation is 3. The Balaban J connectivity index is 1.58.